The molecule has 160 valence electrons. The number of ketones is 1. The molecule has 2 aliphatic rings. The molecule has 7 nitrogen and oxygen atoms in total. The van der Waals surface area contributed by atoms with Gasteiger partial charge in [0.1, 0.15) is 0 Å². The molecule has 3 aromatic rings. The lowest BCUT2D eigenvalue weighted by atomic mass is 9.83. The van der Waals surface area contributed by atoms with Gasteiger partial charge in [-0.3, -0.25) is 14.3 Å². The van der Waals surface area contributed by atoms with Crippen molar-refractivity contribution >= 4 is 16.7 Å². The molecule has 30 heavy (non-hydrogen) atoms. The Balaban J connectivity index is 0.000000181. The zero-order valence-corrected chi connectivity index (χ0v) is 18.0. The minimum absolute atomic E-state index is 0.0411. The van der Waals surface area contributed by atoms with Crippen LogP contribution in [0.25, 0.3) is 10.9 Å². The SMILES string of the molecule is CC(=O)c1cc2cc([C@H]3CCOC(C)(C)C3)ccc2[nH]1.CC1CC1c1noc(=O)[nH]1. The van der Waals surface area contributed by atoms with Crippen LogP contribution < -0.4 is 5.76 Å². The highest BCUT2D eigenvalue weighted by atomic mass is 16.5. The minimum Gasteiger partial charge on any atom is -0.376 e. The van der Waals surface area contributed by atoms with Gasteiger partial charge in [0, 0.05) is 30.4 Å². The second-order valence-electron chi connectivity index (χ2n) is 9.18. The Hall–Kier alpha value is -2.67. The van der Waals surface area contributed by atoms with Gasteiger partial charge in [-0.15, -0.1) is 0 Å². The number of H-pyrrole nitrogens is 2. The van der Waals surface area contributed by atoms with E-state index in [-0.39, 0.29) is 11.4 Å². The third-order valence-electron chi connectivity index (χ3n) is 6.11. The fourth-order valence-corrected chi connectivity index (χ4v) is 4.22. The summed E-state index contributed by atoms with van der Waals surface area (Å²) in [4.78, 5) is 27.6. The number of nitrogens with one attached hydrogen (secondary N) is 2. The molecule has 2 N–H and O–H groups in total. The van der Waals surface area contributed by atoms with Crippen LogP contribution in [0.5, 0.6) is 0 Å². The van der Waals surface area contributed by atoms with Crippen LogP contribution >= 0.6 is 0 Å². The molecule has 3 heterocycles. The van der Waals surface area contributed by atoms with Crippen molar-refractivity contribution < 1.29 is 14.1 Å². The summed E-state index contributed by atoms with van der Waals surface area (Å²) in [5, 5.41) is 4.71. The van der Waals surface area contributed by atoms with Crippen molar-refractivity contribution in [3.8, 4) is 0 Å². The van der Waals surface area contributed by atoms with Crippen LogP contribution in [0.2, 0.25) is 0 Å². The second kappa shape index (κ2) is 7.87. The lowest BCUT2D eigenvalue weighted by Crippen LogP contribution is -2.32. The number of carbonyl (C=O) groups excluding carboxylic acids is 1. The molecule has 1 saturated heterocycles. The number of ether oxygens (including phenoxy) is 1. The summed E-state index contributed by atoms with van der Waals surface area (Å²) in [6.07, 6.45) is 3.23. The fourth-order valence-electron chi connectivity index (χ4n) is 4.22. The number of Topliss-reactive ketones (excluding diaryl/α,β-unsaturated/α-hetero) is 1. The Morgan fingerprint density at radius 1 is 1.23 bits per heavy atom. The summed E-state index contributed by atoms with van der Waals surface area (Å²) in [6, 6.07) is 8.42. The molecule has 2 unspecified atom stereocenters. The fraction of sp³-hybridized carbons (Fsp3) is 0.522. The van der Waals surface area contributed by atoms with Crippen molar-refractivity contribution in [2.75, 3.05) is 6.61 Å². The van der Waals surface area contributed by atoms with Crippen LogP contribution in [0.3, 0.4) is 0 Å². The first-order chi connectivity index (χ1) is 14.2. The number of aromatic amines is 2. The van der Waals surface area contributed by atoms with Crippen molar-refractivity contribution in [2.45, 2.75) is 64.4 Å². The van der Waals surface area contributed by atoms with Crippen molar-refractivity contribution in [1.82, 2.24) is 15.1 Å². The number of carbonyl (C=O) groups is 1. The molecule has 0 amide bonds. The van der Waals surface area contributed by atoms with Crippen molar-refractivity contribution in [2.24, 2.45) is 5.92 Å². The van der Waals surface area contributed by atoms with Crippen LogP contribution in [0.4, 0.5) is 0 Å². The Bertz CT molecular complexity index is 1110. The molecular weight excluding hydrogens is 382 g/mol. The standard InChI is InChI=1S/C17H21NO2.C6H8N2O2/c1-11(19)16-9-14-8-12(4-5-15(14)18-16)13-6-7-20-17(2,3)10-13;1-3-2-4(3)5-7-6(9)10-8-5/h4-5,8-9,13,18H,6-7,10H2,1-3H3;3-4H,2H2,1H3,(H,7,8,9)/t13-;/m0./s1. The summed E-state index contributed by atoms with van der Waals surface area (Å²) in [5.74, 6) is 1.97. The van der Waals surface area contributed by atoms with Gasteiger partial charge in [-0.2, -0.15) is 0 Å². The largest absolute Gasteiger partial charge is 0.438 e. The highest BCUT2D eigenvalue weighted by molar-refractivity contribution is 5.98. The number of hydrogen-bond acceptors (Lipinski definition) is 5. The first-order valence-corrected chi connectivity index (χ1v) is 10.6. The van der Waals surface area contributed by atoms with Gasteiger partial charge in [-0.05, 0) is 68.7 Å². The first kappa shape index (κ1) is 20.6. The van der Waals surface area contributed by atoms with E-state index >= 15 is 0 Å². The molecule has 7 heteroatoms. The molecule has 1 aromatic carbocycles. The van der Waals surface area contributed by atoms with Crippen molar-refractivity contribution in [3.63, 3.8) is 0 Å². The van der Waals surface area contributed by atoms with E-state index in [0.717, 1.165) is 36.8 Å². The normalized spacial score (nSPS) is 24.9. The quantitative estimate of drug-likeness (QED) is 0.617. The van der Waals surface area contributed by atoms with E-state index in [0.29, 0.717) is 29.3 Å². The van der Waals surface area contributed by atoms with Gasteiger partial charge in [0.2, 0.25) is 0 Å². The number of aromatic nitrogens is 3. The van der Waals surface area contributed by atoms with Crippen LogP contribution in [-0.4, -0.2) is 33.1 Å². The number of fused-ring (bicyclic) bond motifs is 1. The lowest BCUT2D eigenvalue weighted by Gasteiger charge is -2.35. The maximum Gasteiger partial charge on any atom is 0.438 e. The zero-order chi connectivity index (χ0) is 21.5. The molecule has 1 aliphatic heterocycles. The van der Waals surface area contributed by atoms with Crippen LogP contribution in [-0.2, 0) is 4.74 Å². The van der Waals surface area contributed by atoms with E-state index in [1.165, 1.54) is 5.56 Å². The summed E-state index contributed by atoms with van der Waals surface area (Å²) in [5.41, 5.74) is 3.03. The number of benzene rings is 1. The van der Waals surface area contributed by atoms with E-state index in [9.17, 15) is 9.59 Å². The lowest BCUT2D eigenvalue weighted by molar-refractivity contribution is -0.0592. The van der Waals surface area contributed by atoms with Crippen LogP contribution in [0.1, 0.15) is 80.7 Å². The topological polar surface area (TPSA) is 101 Å². The highest BCUT2D eigenvalue weighted by Crippen LogP contribution is 2.44. The van der Waals surface area contributed by atoms with Gasteiger partial charge < -0.3 is 9.72 Å². The van der Waals surface area contributed by atoms with Gasteiger partial charge in [0.25, 0.3) is 0 Å². The van der Waals surface area contributed by atoms with Crippen molar-refractivity contribution in [1.29, 1.82) is 0 Å². The molecular formula is C23H29N3O4. The number of rotatable bonds is 3. The highest BCUT2D eigenvalue weighted by Gasteiger charge is 2.37. The Kier molecular flexibility index (Phi) is 5.40. The summed E-state index contributed by atoms with van der Waals surface area (Å²) < 4.78 is 10.1. The van der Waals surface area contributed by atoms with E-state index in [1.807, 2.05) is 6.07 Å². The second-order valence-corrected chi connectivity index (χ2v) is 9.18. The number of nitrogens with zero attached hydrogens (tertiary/aromatic N) is 1. The zero-order valence-electron chi connectivity index (χ0n) is 18.0. The maximum absolute atomic E-state index is 11.4. The van der Waals surface area contributed by atoms with Gasteiger partial charge in [-0.1, -0.05) is 18.1 Å². The number of hydrogen-bond donors (Lipinski definition) is 2. The third kappa shape index (κ3) is 4.56. The molecule has 3 atom stereocenters. The Morgan fingerprint density at radius 3 is 2.60 bits per heavy atom. The van der Waals surface area contributed by atoms with Gasteiger partial charge in [0.15, 0.2) is 11.6 Å². The summed E-state index contributed by atoms with van der Waals surface area (Å²) in [7, 11) is 0. The molecule has 1 aliphatic carbocycles. The van der Waals surface area contributed by atoms with Gasteiger partial charge in [-0.25, -0.2) is 4.79 Å². The van der Waals surface area contributed by atoms with Crippen LogP contribution in [0, 0.1) is 5.92 Å². The van der Waals surface area contributed by atoms with E-state index in [4.69, 9.17) is 4.74 Å². The molecule has 0 radical (unpaired) electrons. The third-order valence-corrected chi connectivity index (χ3v) is 6.11. The molecule has 2 fully saturated rings. The molecule has 5 rings (SSSR count). The Morgan fingerprint density at radius 2 is 2.00 bits per heavy atom. The predicted molar refractivity (Wildman–Crippen MR) is 114 cm³/mol. The van der Waals surface area contributed by atoms with Gasteiger partial charge in [0.05, 0.1) is 11.3 Å². The molecule has 0 spiro atoms. The first-order valence-electron chi connectivity index (χ1n) is 10.6. The average molecular weight is 412 g/mol. The monoisotopic (exact) mass is 411 g/mol. The summed E-state index contributed by atoms with van der Waals surface area (Å²) >= 11 is 0. The van der Waals surface area contributed by atoms with Gasteiger partial charge >= 0.3 is 5.76 Å². The van der Waals surface area contributed by atoms with E-state index in [1.54, 1.807) is 6.92 Å². The minimum atomic E-state index is -0.450. The molecule has 1 saturated carbocycles. The molecule has 0 bridgehead atoms. The van der Waals surface area contributed by atoms with E-state index in [2.05, 4.69) is 58.6 Å². The summed E-state index contributed by atoms with van der Waals surface area (Å²) in [6.45, 7) is 8.84. The average Bonchev–Trinajstić information content (AvgIpc) is 3.08. The smallest absolute Gasteiger partial charge is 0.376 e. The van der Waals surface area contributed by atoms with Crippen molar-refractivity contribution in [3.05, 3.63) is 51.9 Å². The van der Waals surface area contributed by atoms with Crippen LogP contribution in [0.15, 0.2) is 33.6 Å². The van der Waals surface area contributed by atoms with E-state index < -0.39 is 5.76 Å². The molecule has 2 aromatic heterocycles. The maximum atomic E-state index is 11.4. The Labute approximate surface area is 175 Å². The predicted octanol–water partition coefficient (Wildman–Crippen LogP) is 4.53.